The summed E-state index contributed by atoms with van der Waals surface area (Å²) in [7, 11) is 0. The molecule has 0 fully saturated rings. The predicted octanol–water partition coefficient (Wildman–Crippen LogP) is 0.582. The lowest BCUT2D eigenvalue weighted by Gasteiger charge is -2.13. The van der Waals surface area contributed by atoms with E-state index in [1.54, 1.807) is 5.43 Å². The van der Waals surface area contributed by atoms with E-state index in [4.69, 9.17) is 5.41 Å². The molecule has 9 heteroatoms. The molecule has 9 nitrogen and oxygen atoms in total. The van der Waals surface area contributed by atoms with E-state index in [2.05, 4.69) is 24.5 Å². The lowest BCUT2D eigenvalue weighted by molar-refractivity contribution is -0.525. The lowest BCUT2D eigenvalue weighted by atomic mass is 10.1. The fourth-order valence-corrected chi connectivity index (χ4v) is 1.79. The van der Waals surface area contributed by atoms with Gasteiger partial charge in [0.05, 0.1) is 6.04 Å². The Labute approximate surface area is 129 Å². The first kappa shape index (κ1) is 19.8. The summed E-state index contributed by atoms with van der Waals surface area (Å²) in [5, 5.41) is 21.5. The Morgan fingerprint density at radius 3 is 2.55 bits per heavy atom. The normalized spacial score (nSPS) is 11.6. The summed E-state index contributed by atoms with van der Waals surface area (Å²) < 4.78 is 0. The maximum absolute atomic E-state index is 11.7. The van der Waals surface area contributed by atoms with Gasteiger partial charge in [-0.3, -0.25) is 10.2 Å². The van der Waals surface area contributed by atoms with Crippen molar-refractivity contribution in [2.75, 3.05) is 6.54 Å². The zero-order chi connectivity index (χ0) is 17.0. The van der Waals surface area contributed by atoms with Crippen LogP contribution in [0.15, 0.2) is 0 Å². The molecule has 126 valence electrons. The number of guanidine groups is 1. The van der Waals surface area contributed by atoms with Gasteiger partial charge in [0.1, 0.15) is 6.29 Å². The highest BCUT2D eigenvalue weighted by Crippen LogP contribution is 2.06. The van der Waals surface area contributed by atoms with Crippen molar-refractivity contribution in [1.29, 1.82) is 5.41 Å². The Bertz CT molecular complexity index is 387. The van der Waals surface area contributed by atoms with Crippen molar-refractivity contribution in [3.63, 3.8) is 0 Å². The van der Waals surface area contributed by atoms with E-state index in [1.165, 1.54) is 0 Å². The molecule has 0 bridgehead atoms. The van der Waals surface area contributed by atoms with Gasteiger partial charge in [-0.25, -0.2) is 10.1 Å². The highest BCUT2D eigenvalue weighted by Gasteiger charge is 2.11. The number of rotatable bonds is 11. The molecule has 0 saturated heterocycles. The molecule has 0 rings (SSSR count). The molecule has 0 radical (unpaired) electrons. The minimum absolute atomic E-state index is 0.145. The quantitative estimate of drug-likeness (QED) is 0.110. The molecule has 0 aliphatic rings. The summed E-state index contributed by atoms with van der Waals surface area (Å²) >= 11 is 0. The fourth-order valence-electron chi connectivity index (χ4n) is 1.79. The SMILES string of the molecule is CC(C)CCCC(=O)NC(C=O)CCCNC(=N)N[N+](=O)[O-]. The van der Waals surface area contributed by atoms with Gasteiger partial charge >= 0.3 is 0 Å². The van der Waals surface area contributed by atoms with Crippen LogP contribution in [0, 0.1) is 21.4 Å². The van der Waals surface area contributed by atoms with Crippen LogP contribution in [-0.4, -0.2) is 35.8 Å². The van der Waals surface area contributed by atoms with E-state index in [0.717, 1.165) is 12.8 Å². The van der Waals surface area contributed by atoms with E-state index in [-0.39, 0.29) is 5.91 Å². The first-order chi connectivity index (χ1) is 10.3. The van der Waals surface area contributed by atoms with Crippen LogP contribution in [0.2, 0.25) is 0 Å². The van der Waals surface area contributed by atoms with Crippen molar-refractivity contribution >= 4 is 18.2 Å². The summed E-state index contributed by atoms with van der Waals surface area (Å²) in [5.74, 6) is -0.0114. The number of amides is 1. The van der Waals surface area contributed by atoms with Crippen molar-refractivity contribution in [3.05, 3.63) is 10.1 Å². The third-order valence-electron chi connectivity index (χ3n) is 2.89. The van der Waals surface area contributed by atoms with Crippen LogP contribution in [0.1, 0.15) is 46.0 Å². The Hall–Kier alpha value is -2.19. The molecule has 0 aliphatic heterocycles. The molecule has 1 unspecified atom stereocenters. The number of nitro groups is 1. The molecule has 1 amide bonds. The monoisotopic (exact) mass is 315 g/mol. The molecule has 0 spiro atoms. The van der Waals surface area contributed by atoms with Gasteiger partial charge in [0.2, 0.25) is 5.91 Å². The Balaban J connectivity index is 3.82. The Morgan fingerprint density at radius 2 is 2.00 bits per heavy atom. The first-order valence-corrected chi connectivity index (χ1v) is 7.33. The number of hydrogen-bond donors (Lipinski definition) is 4. The van der Waals surface area contributed by atoms with Crippen LogP contribution in [-0.2, 0) is 9.59 Å². The van der Waals surface area contributed by atoms with E-state index in [0.29, 0.717) is 38.0 Å². The average molecular weight is 315 g/mol. The number of carbonyl (C=O) groups is 2. The standard InChI is InChI=1S/C13H25N5O4/c1-10(2)5-3-7-12(20)16-11(9-19)6-4-8-15-13(14)17-18(21)22/h9-11H,3-8H2,1-2H3,(H,16,20)(H3,14,15,17). The number of aldehydes is 1. The molecule has 4 N–H and O–H groups in total. The third kappa shape index (κ3) is 11.6. The molecular weight excluding hydrogens is 290 g/mol. The summed E-state index contributed by atoms with van der Waals surface area (Å²) in [5.41, 5.74) is 1.66. The van der Waals surface area contributed by atoms with E-state index < -0.39 is 17.0 Å². The Morgan fingerprint density at radius 1 is 1.32 bits per heavy atom. The molecule has 0 aliphatic carbocycles. The number of hydrazine groups is 1. The van der Waals surface area contributed by atoms with Crippen molar-refractivity contribution < 1.29 is 14.6 Å². The molecule has 0 saturated carbocycles. The first-order valence-electron chi connectivity index (χ1n) is 7.33. The summed E-state index contributed by atoms with van der Waals surface area (Å²) in [6.45, 7) is 4.47. The second-order valence-electron chi connectivity index (χ2n) is 5.41. The number of carbonyl (C=O) groups excluding carboxylic acids is 2. The van der Waals surface area contributed by atoms with Crippen LogP contribution in [0.25, 0.3) is 0 Å². The van der Waals surface area contributed by atoms with Crippen LogP contribution in [0.3, 0.4) is 0 Å². The van der Waals surface area contributed by atoms with Crippen molar-refractivity contribution in [2.45, 2.75) is 52.0 Å². The number of nitrogens with zero attached hydrogens (tertiary/aromatic N) is 1. The minimum Gasteiger partial charge on any atom is -0.352 e. The summed E-state index contributed by atoms with van der Waals surface area (Å²) in [6.07, 6.45) is 3.75. The largest absolute Gasteiger partial charge is 0.352 e. The number of nitrogens with one attached hydrogen (secondary N) is 4. The van der Waals surface area contributed by atoms with Crippen molar-refractivity contribution in [2.24, 2.45) is 5.92 Å². The second kappa shape index (κ2) is 11.5. The molecular formula is C13H25N5O4. The fraction of sp³-hybridized carbons (Fsp3) is 0.769. The molecule has 0 aromatic rings. The molecule has 0 heterocycles. The maximum atomic E-state index is 11.7. The van der Waals surface area contributed by atoms with Gasteiger partial charge in [-0.05, 0) is 25.2 Å². The van der Waals surface area contributed by atoms with Crippen LogP contribution >= 0.6 is 0 Å². The molecule has 1 atom stereocenters. The van der Waals surface area contributed by atoms with Gasteiger partial charge in [-0.1, -0.05) is 25.7 Å². The minimum atomic E-state index is -0.832. The van der Waals surface area contributed by atoms with Gasteiger partial charge < -0.3 is 15.4 Å². The van der Waals surface area contributed by atoms with Gasteiger partial charge in [0.15, 0.2) is 5.03 Å². The summed E-state index contributed by atoms with van der Waals surface area (Å²) in [6, 6.07) is -0.564. The van der Waals surface area contributed by atoms with Gasteiger partial charge in [0, 0.05) is 13.0 Å². The van der Waals surface area contributed by atoms with Crippen LogP contribution < -0.4 is 16.1 Å². The maximum Gasteiger partial charge on any atom is 0.251 e. The van der Waals surface area contributed by atoms with Gasteiger partial charge in [-0.15, -0.1) is 0 Å². The predicted molar refractivity (Wildman–Crippen MR) is 81.8 cm³/mol. The molecule has 22 heavy (non-hydrogen) atoms. The molecule has 0 aromatic heterocycles. The highest BCUT2D eigenvalue weighted by atomic mass is 16.7. The highest BCUT2D eigenvalue weighted by molar-refractivity contribution is 5.79. The Kier molecular flexibility index (Phi) is 10.3. The average Bonchev–Trinajstić information content (AvgIpc) is 2.40. The smallest absolute Gasteiger partial charge is 0.251 e. The zero-order valence-corrected chi connectivity index (χ0v) is 13.1. The molecule has 0 aromatic carbocycles. The third-order valence-corrected chi connectivity index (χ3v) is 2.89. The topological polar surface area (TPSA) is 137 Å². The lowest BCUT2D eigenvalue weighted by Crippen LogP contribution is -2.41. The van der Waals surface area contributed by atoms with Crippen LogP contribution in [0.5, 0.6) is 0 Å². The van der Waals surface area contributed by atoms with Crippen LogP contribution in [0.4, 0.5) is 0 Å². The van der Waals surface area contributed by atoms with Crippen molar-refractivity contribution in [3.8, 4) is 0 Å². The van der Waals surface area contributed by atoms with E-state index in [9.17, 15) is 19.7 Å². The van der Waals surface area contributed by atoms with E-state index in [1.807, 2.05) is 0 Å². The van der Waals surface area contributed by atoms with Crippen molar-refractivity contribution in [1.82, 2.24) is 16.1 Å². The zero-order valence-electron chi connectivity index (χ0n) is 13.1. The number of hydrogen-bond acceptors (Lipinski definition) is 5. The summed E-state index contributed by atoms with van der Waals surface area (Å²) in [4.78, 5) is 32.6. The second-order valence-corrected chi connectivity index (χ2v) is 5.41. The van der Waals surface area contributed by atoms with E-state index >= 15 is 0 Å². The van der Waals surface area contributed by atoms with Gasteiger partial charge in [0.25, 0.3) is 5.96 Å². The van der Waals surface area contributed by atoms with Gasteiger partial charge in [-0.2, -0.15) is 0 Å².